The third-order valence-corrected chi connectivity index (χ3v) is 13.0. The van der Waals surface area contributed by atoms with Gasteiger partial charge in [0.15, 0.2) is 5.82 Å². The van der Waals surface area contributed by atoms with E-state index in [0.29, 0.717) is 5.82 Å². The van der Waals surface area contributed by atoms with Crippen molar-refractivity contribution in [3.05, 3.63) is 228 Å². The van der Waals surface area contributed by atoms with Crippen molar-refractivity contribution in [2.75, 3.05) is 0 Å². The summed E-state index contributed by atoms with van der Waals surface area (Å²) in [5.41, 5.74) is 18.5. The fraction of sp³-hybridized carbons (Fsp3) is 0.0714. The maximum absolute atomic E-state index is 6.39. The van der Waals surface area contributed by atoms with E-state index in [9.17, 15) is 0 Å². The first-order chi connectivity index (χ1) is 29.0. The van der Waals surface area contributed by atoms with Gasteiger partial charge in [-0.2, -0.15) is 0 Å². The van der Waals surface area contributed by atoms with E-state index < -0.39 is 5.41 Å². The van der Waals surface area contributed by atoms with Crippen LogP contribution in [0.5, 0.6) is 0 Å². The van der Waals surface area contributed by atoms with Gasteiger partial charge in [-0.25, -0.2) is 9.97 Å². The zero-order chi connectivity index (χ0) is 39.3. The monoisotopic (exact) mass is 754 g/mol. The fourth-order valence-corrected chi connectivity index (χ4v) is 10.3. The van der Waals surface area contributed by atoms with Crippen LogP contribution in [-0.4, -0.2) is 9.97 Å². The first kappa shape index (κ1) is 33.7. The molecule has 0 fully saturated rings. The molecule has 0 aliphatic heterocycles. The Hall–Kier alpha value is -7.36. The van der Waals surface area contributed by atoms with Crippen molar-refractivity contribution in [1.82, 2.24) is 9.97 Å². The molecule has 2 heterocycles. The molecule has 278 valence electrons. The Morgan fingerprint density at radius 3 is 1.69 bits per heavy atom. The lowest BCUT2D eigenvalue weighted by Gasteiger charge is -2.34. The Morgan fingerprint density at radius 2 is 0.932 bits per heavy atom. The van der Waals surface area contributed by atoms with Gasteiger partial charge in [0.25, 0.3) is 0 Å². The van der Waals surface area contributed by atoms with Crippen LogP contribution in [0.1, 0.15) is 47.2 Å². The number of hydrogen-bond donors (Lipinski definition) is 0. The van der Waals surface area contributed by atoms with E-state index in [1.54, 1.807) is 0 Å². The highest BCUT2D eigenvalue weighted by Crippen LogP contribution is 2.57. The summed E-state index contributed by atoms with van der Waals surface area (Å²) in [6.07, 6.45) is 0. The molecule has 0 radical (unpaired) electrons. The minimum atomic E-state index is -0.523. The average molecular weight is 755 g/mol. The normalized spacial score (nSPS) is 14.2. The Bertz CT molecular complexity index is 3260. The van der Waals surface area contributed by atoms with Gasteiger partial charge in [-0.05, 0) is 86.0 Å². The third-order valence-electron chi connectivity index (χ3n) is 13.0. The summed E-state index contributed by atoms with van der Waals surface area (Å²) < 4.78 is 6.39. The molecule has 0 saturated carbocycles. The number of para-hydroxylation sites is 1. The molecule has 0 amide bonds. The molecule has 59 heavy (non-hydrogen) atoms. The smallest absolute Gasteiger partial charge is 0.160 e. The molecule has 0 N–H and O–H groups in total. The lowest BCUT2D eigenvalue weighted by atomic mass is 9.67. The van der Waals surface area contributed by atoms with E-state index in [2.05, 4.69) is 190 Å². The molecule has 0 saturated heterocycles. The number of rotatable bonds is 5. The molecule has 0 bridgehead atoms. The highest BCUT2D eigenvalue weighted by atomic mass is 16.3. The Kier molecular flexibility index (Phi) is 7.19. The molecule has 2 aromatic heterocycles. The molecule has 0 spiro atoms. The summed E-state index contributed by atoms with van der Waals surface area (Å²) in [7, 11) is 0. The highest BCUT2D eigenvalue weighted by molar-refractivity contribution is 6.12. The molecule has 2 aliphatic carbocycles. The van der Waals surface area contributed by atoms with Crippen LogP contribution in [0, 0.1) is 0 Å². The van der Waals surface area contributed by atoms with Crippen LogP contribution in [0.3, 0.4) is 0 Å². The van der Waals surface area contributed by atoms with Crippen LogP contribution in [-0.2, 0) is 10.8 Å². The van der Waals surface area contributed by atoms with Gasteiger partial charge < -0.3 is 4.42 Å². The van der Waals surface area contributed by atoms with Gasteiger partial charge in [-0.1, -0.05) is 178 Å². The van der Waals surface area contributed by atoms with Gasteiger partial charge >= 0.3 is 0 Å². The van der Waals surface area contributed by atoms with Crippen molar-refractivity contribution < 1.29 is 4.42 Å². The topological polar surface area (TPSA) is 38.9 Å². The fourth-order valence-electron chi connectivity index (χ4n) is 10.3. The Labute approximate surface area is 343 Å². The van der Waals surface area contributed by atoms with Crippen LogP contribution in [0.4, 0.5) is 0 Å². The number of nitrogens with zero attached hydrogens (tertiary/aromatic N) is 2. The molecule has 12 rings (SSSR count). The molecule has 10 aromatic rings. The SMILES string of the molecule is CC1(C)c2ccccc2-c2ccc(-c3nc(-c4ccc5c(c4)C(c4ccccc4)(c4ccccc4)c4ccccc4-5)cc(-c4cccc5oc6ccccc6c45)n3)cc21. The van der Waals surface area contributed by atoms with Crippen molar-refractivity contribution in [3.8, 4) is 56.2 Å². The average Bonchev–Trinajstić information content (AvgIpc) is 3.90. The largest absolute Gasteiger partial charge is 0.456 e. The number of hydrogen-bond acceptors (Lipinski definition) is 3. The van der Waals surface area contributed by atoms with Crippen molar-refractivity contribution in [1.29, 1.82) is 0 Å². The van der Waals surface area contributed by atoms with Crippen molar-refractivity contribution >= 4 is 21.9 Å². The van der Waals surface area contributed by atoms with Crippen molar-refractivity contribution in [3.63, 3.8) is 0 Å². The van der Waals surface area contributed by atoms with Gasteiger partial charge in [-0.15, -0.1) is 0 Å². The summed E-state index contributed by atoms with van der Waals surface area (Å²) in [4.78, 5) is 10.9. The lowest BCUT2D eigenvalue weighted by Crippen LogP contribution is -2.28. The number of aromatic nitrogens is 2. The van der Waals surface area contributed by atoms with E-state index in [0.717, 1.165) is 50.0 Å². The molecular formula is C56H38N2O. The quantitative estimate of drug-likeness (QED) is 0.176. The highest BCUT2D eigenvalue weighted by Gasteiger charge is 2.46. The molecule has 8 aromatic carbocycles. The Morgan fingerprint density at radius 1 is 0.390 bits per heavy atom. The molecule has 0 atom stereocenters. The Balaban J connectivity index is 1.12. The second-order valence-corrected chi connectivity index (χ2v) is 16.5. The van der Waals surface area contributed by atoms with Crippen molar-refractivity contribution in [2.24, 2.45) is 0 Å². The predicted molar refractivity (Wildman–Crippen MR) is 240 cm³/mol. The van der Waals surface area contributed by atoms with E-state index in [-0.39, 0.29) is 5.41 Å². The summed E-state index contributed by atoms with van der Waals surface area (Å²) in [6, 6.07) is 70.1. The zero-order valence-electron chi connectivity index (χ0n) is 32.8. The van der Waals surface area contributed by atoms with E-state index >= 15 is 0 Å². The van der Waals surface area contributed by atoms with E-state index in [1.165, 1.54) is 55.6 Å². The second-order valence-electron chi connectivity index (χ2n) is 16.5. The van der Waals surface area contributed by atoms with Crippen LogP contribution in [0.25, 0.3) is 78.1 Å². The maximum atomic E-state index is 6.39. The molecule has 2 aliphatic rings. The summed E-state index contributed by atoms with van der Waals surface area (Å²) in [5.74, 6) is 0.693. The van der Waals surface area contributed by atoms with Crippen LogP contribution < -0.4 is 0 Å². The second kappa shape index (κ2) is 12.6. The minimum Gasteiger partial charge on any atom is -0.456 e. The summed E-state index contributed by atoms with van der Waals surface area (Å²) in [5, 5.41) is 2.13. The standard InChI is InChI=1S/C56H38N2O/c1-55(2)45-24-12-9-20-39(45)41-31-29-36(33-47(41)55)54-57-49(34-50(58-54)43-23-15-27-52-53(43)44-22-11-14-26-51(44)59-52)35-28-30-42-40-21-10-13-25-46(40)56(48(42)32-35,37-16-5-3-6-17-37)38-18-7-4-8-19-38/h3-34H,1-2H3. The van der Waals surface area contributed by atoms with Gasteiger partial charge in [0, 0.05) is 32.9 Å². The predicted octanol–water partition coefficient (Wildman–Crippen LogP) is 14.0. The molecule has 0 unspecified atom stereocenters. The van der Waals surface area contributed by atoms with Gasteiger partial charge in [-0.3, -0.25) is 0 Å². The first-order valence-corrected chi connectivity index (χ1v) is 20.4. The molecule has 3 nitrogen and oxygen atoms in total. The number of furan rings is 1. The third kappa shape index (κ3) is 4.82. The number of fused-ring (bicyclic) bond motifs is 9. The number of benzene rings is 8. The van der Waals surface area contributed by atoms with Crippen LogP contribution >= 0.6 is 0 Å². The minimum absolute atomic E-state index is 0.156. The maximum Gasteiger partial charge on any atom is 0.160 e. The summed E-state index contributed by atoms with van der Waals surface area (Å²) >= 11 is 0. The summed E-state index contributed by atoms with van der Waals surface area (Å²) in [6.45, 7) is 4.65. The zero-order valence-corrected chi connectivity index (χ0v) is 32.8. The lowest BCUT2D eigenvalue weighted by molar-refractivity contribution is 0.660. The molecular weight excluding hydrogens is 717 g/mol. The molecule has 3 heteroatoms. The van der Waals surface area contributed by atoms with Crippen molar-refractivity contribution in [2.45, 2.75) is 24.7 Å². The van der Waals surface area contributed by atoms with Gasteiger partial charge in [0.05, 0.1) is 16.8 Å². The van der Waals surface area contributed by atoms with Gasteiger partial charge in [0.2, 0.25) is 0 Å². The van der Waals surface area contributed by atoms with Crippen LogP contribution in [0.2, 0.25) is 0 Å². The van der Waals surface area contributed by atoms with Gasteiger partial charge in [0.1, 0.15) is 11.2 Å². The van der Waals surface area contributed by atoms with Crippen LogP contribution in [0.15, 0.2) is 199 Å². The van der Waals surface area contributed by atoms with E-state index in [1.807, 2.05) is 18.2 Å². The van der Waals surface area contributed by atoms with E-state index in [4.69, 9.17) is 14.4 Å². The first-order valence-electron chi connectivity index (χ1n) is 20.4.